The third-order valence-electron chi connectivity index (χ3n) is 4.86. The molecule has 4 rings (SSSR count). The van der Waals surface area contributed by atoms with Crippen molar-refractivity contribution in [2.75, 3.05) is 12.3 Å². The summed E-state index contributed by atoms with van der Waals surface area (Å²) in [6, 6.07) is 7.91. The second-order valence-electron chi connectivity index (χ2n) is 7.13. The van der Waals surface area contributed by atoms with E-state index in [4.69, 9.17) is 0 Å². The van der Waals surface area contributed by atoms with Gasteiger partial charge in [-0.2, -0.15) is 0 Å². The second-order valence-corrected chi connectivity index (χ2v) is 8.07. The molecule has 0 radical (unpaired) electrons. The summed E-state index contributed by atoms with van der Waals surface area (Å²) in [6.07, 6.45) is 4.13. The monoisotopic (exact) mass is 412 g/mol. The molecule has 3 aromatic rings. The molecule has 1 saturated carbocycles. The summed E-state index contributed by atoms with van der Waals surface area (Å²) >= 11 is 1.35. The number of carbonyl (C=O) groups is 2. The minimum Gasteiger partial charge on any atom is -0.360 e. The lowest BCUT2D eigenvalue weighted by Crippen LogP contribution is -2.45. The third-order valence-corrected chi connectivity index (χ3v) is 5.80. The average Bonchev–Trinajstić information content (AvgIpc) is 3.32. The highest BCUT2D eigenvalue weighted by atomic mass is 32.2. The molecule has 1 fully saturated rings. The molecule has 1 aliphatic rings. The number of H-pyrrole nitrogens is 1. The SMILES string of the molecule is CCNC(=O)[C@H](C)NC(=O)CSc1nnc(-c2c[nH]c3ccccc23)n1C1CC1. The molecule has 0 bridgehead atoms. The van der Waals surface area contributed by atoms with Gasteiger partial charge in [-0.05, 0) is 32.8 Å². The number of benzene rings is 1. The van der Waals surface area contributed by atoms with Gasteiger partial charge in [0.05, 0.1) is 5.75 Å². The Morgan fingerprint density at radius 2 is 2.10 bits per heavy atom. The number of nitrogens with zero attached hydrogens (tertiary/aromatic N) is 3. The highest BCUT2D eigenvalue weighted by Crippen LogP contribution is 2.42. The smallest absolute Gasteiger partial charge is 0.242 e. The predicted octanol–water partition coefficient (Wildman–Crippen LogP) is 2.49. The van der Waals surface area contributed by atoms with Gasteiger partial charge in [0.25, 0.3) is 0 Å². The number of hydrogen-bond donors (Lipinski definition) is 3. The summed E-state index contributed by atoms with van der Waals surface area (Å²) in [5.41, 5.74) is 2.07. The first-order valence-electron chi connectivity index (χ1n) is 9.79. The van der Waals surface area contributed by atoms with Crippen LogP contribution in [-0.2, 0) is 9.59 Å². The van der Waals surface area contributed by atoms with E-state index in [0.29, 0.717) is 12.6 Å². The first-order valence-corrected chi connectivity index (χ1v) is 10.8. The third kappa shape index (κ3) is 4.14. The molecule has 0 spiro atoms. The zero-order valence-electron chi connectivity index (χ0n) is 16.4. The number of aromatic amines is 1. The van der Waals surface area contributed by atoms with Gasteiger partial charge in [0.15, 0.2) is 11.0 Å². The number of carbonyl (C=O) groups excluding carboxylic acids is 2. The maximum absolute atomic E-state index is 12.3. The summed E-state index contributed by atoms with van der Waals surface area (Å²) in [5, 5.41) is 16.1. The standard InChI is InChI=1S/C20H24N6O2S/c1-3-21-19(28)12(2)23-17(27)11-29-20-25-24-18(26(20)13-8-9-13)15-10-22-16-7-5-4-6-14(15)16/h4-7,10,12-13,22H,3,8-9,11H2,1-2H3,(H,21,28)(H,23,27)/t12-/m0/s1. The molecule has 152 valence electrons. The van der Waals surface area contributed by atoms with Crippen molar-refractivity contribution in [2.24, 2.45) is 0 Å². The number of nitrogens with one attached hydrogen (secondary N) is 3. The molecule has 8 nitrogen and oxygen atoms in total. The Kier molecular flexibility index (Phi) is 5.57. The minimum absolute atomic E-state index is 0.183. The van der Waals surface area contributed by atoms with Crippen LogP contribution < -0.4 is 10.6 Å². The minimum atomic E-state index is -0.564. The van der Waals surface area contributed by atoms with Crippen molar-refractivity contribution in [2.45, 2.75) is 43.9 Å². The van der Waals surface area contributed by atoms with Crippen LogP contribution in [0.15, 0.2) is 35.6 Å². The number of aromatic nitrogens is 4. The number of fused-ring (bicyclic) bond motifs is 1. The lowest BCUT2D eigenvalue weighted by molar-refractivity contribution is -0.127. The van der Waals surface area contributed by atoms with Gasteiger partial charge in [-0.15, -0.1) is 10.2 Å². The molecule has 1 atom stereocenters. The quantitative estimate of drug-likeness (QED) is 0.493. The molecule has 2 heterocycles. The van der Waals surface area contributed by atoms with Gasteiger partial charge < -0.3 is 15.6 Å². The fourth-order valence-corrected chi connectivity index (χ4v) is 4.10. The largest absolute Gasteiger partial charge is 0.360 e. The zero-order valence-corrected chi connectivity index (χ0v) is 17.3. The fourth-order valence-electron chi connectivity index (χ4n) is 3.28. The maximum atomic E-state index is 12.3. The van der Waals surface area contributed by atoms with Crippen LogP contribution in [0.5, 0.6) is 0 Å². The Hall–Kier alpha value is -2.81. The van der Waals surface area contributed by atoms with Crippen molar-refractivity contribution in [3.63, 3.8) is 0 Å². The van der Waals surface area contributed by atoms with Crippen LogP contribution in [0.25, 0.3) is 22.3 Å². The lowest BCUT2D eigenvalue weighted by Gasteiger charge is -2.13. The first-order chi connectivity index (χ1) is 14.1. The van der Waals surface area contributed by atoms with Gasteiger partial charge in [-0.1, -0.05) is 30.0 Å². The number of hydrogen-bond acceptors (Lipinski definition) is 5. The van der Waals surface area contributed by atoms with Crippen molar-refractivity contribution in [3.8, 4) is 11.4 Å². The summed E-state index contributed by atoms with van der Waals surface area (Å²) in [7, 11) is 0. The van der Waals surface area contributed by atoms with E-state index in [0.717, 1.165) is 40.3 Å². The molecular weight excluding hydrogens is 388 g/mol. The van der Waals surface area contributed by atoms with E-state index >= 15 is 0 Å². The van der Waals surface area contributed by atoms with E-state index < -0.39 is 6.04 Å². The Bertz CT molecular complexity index is 1040. The van der Waals surface area contributed by atoms with Crippen LogP contribution in [0.2, 0.25) is 0 Å². The summed E-state index contributed by atoms with van der Waals surface area (Å²) < 4.78 is 2.14. The van der Waals surface area contributed by atoms with Gasteiger partial charge in [0.1, 0.15) is 6.04 Å². The number of amides is 2. The number of thioether (sulfide) groups is 1. The van der Waals surface area contributed by atoms with Crippen molar-refractivity contribution in [1.29, 1.82) is 0 Å². The van der Waals surface area contributed by atoms with E-state index in [1.807, 2.05) is 31.3 Å². The molecular formula is C20H24N6O2S. The van der Waals surface area contributed by atoms with Crippen molar-refractivity contribution >= 4 is 34.5 Å². The molecule has 1 aliphatic carbocycles. The predicted molar refractivity (Wildman–Crippen MR) is 113 cm³/mol. The van der Waals surface area contributed by atoms with Gasteiger partial charge in [-0.3, -0.25) is 14.2 Å². The first kappa shape index (κ1) is 19.5. The van der Waals surface area contributed by atoms with E-state index in [1.54, 1.807) is 6.92 Å². The van der Waals surface area contributed by atoms with E-state index in [1.165, 1.54) is 11.8 Å². The van der Waals surface area contributed by atoms with Crippen LogP contribution in [0.3, 0.4) is 0 Å². The molecule has 9 heteroatoms. The van der Waals surface area contributed by atoms with Crippen LogP contribution in [-0.4, -0.2) is 49.9 Å². The Morgan fingerprint density at radius 1 is 1.31 bits per heavy atom. The van der Waals surface area contributed by atoms with Crippen LogP contribution in [0, 0.1) is 0 Å². The van der Waals surface area contributed by atoms with E-state index in [2.05, 4.69) is 36.4 Å². The molecule has 0 aliphatic heterocycles. The van der Waals surface area contributed by atoms with Crippen molar-refractivity contribution < 1.29 is 9.59 Å². The molecule has 1 aromatic carbocycles. The summed E-state index contributed by atoms with van der Waals surface area (Å²) in [6.45, 7) is 4.06. The molecule has 0 unspecified atom stereocenters. The topological polar surface area (TPSA) is 105 Å². The van der Waals surface area contributed by atoms with Crippen LogP contribution in [0.1, 0.15) is 32.7 Å². The Morgan fingerprint density at radius 3 is 2.86 bits per heavy atom. The van der Waals surface area contributed by atoms with Gasteiger partial charge in [-0.25, -0.2) is 0 Å². The molecule has 2 amide bonds. The number of rotatable bonds is 8. The van der Waals surface area contributed by atoms with Crippen molar-refractivity contribution in [3.05, 3.63) is 30.5 Å². The van der Waals surface area contributed by atoms with Crippen molar-refractivity contribution in [1.82, 2.24) is 30.4 Å². The van der Waals surface area contributed by atoms with Crippen LogP contribution in [0.4, 0.5) is 0 Å². The molecule has 29 heavy (non-hydrogen) atoms. The summed E-state index contributed by atoms with van der Waals surface area (Å²) in [4.78, 5) is 27.3. The number of likely N-dealkylation sites (N-methyl/N-ethyl adjacent to an activating group) is 1. The lowest BCUT2D eigenvalue weighted by atomic mass is 10.1. The normalized spacial score (nSPS) is 14.7. The van der Waals surface area contributed by atoms with E-state index in [9.17, 15) is 9.59 Å². The second kappa shape index (κ2) is 8.28. The maximum Gasteiger partial charge on any atom is 0.242 e. The molecule has 2 aromatic heterocycles. The zero-order chi connectivity index (χ0) is 20.4. The molecule has 0 saturated heterocycles. The van der Waals surface area contributed by atoms with Gasteiger partial charge in [0.2, 0.25) is 11.8 Å². The highest BCUT2D eigenvalue weighted by Gasteiger charge is 2.31. The van der Waals surface area contributed by atoms with Gasteiger partial charge >= 0.3 is 0 Å². The average molecular weight is 413 g/mol. The highest BCUT2D eigenvalue weighted by molar-refractivity contribution is 7.99. The Labute approximate surface area is 172 Å². The molecule has 3 N–H and O–H groups in total. The van der Waals surface area contributed by atoms with E-state index in [-0.39, 0.29) is 17.6 Å². The number of para-hydroxylation sites is 1. The van der Waals surface area contributed by atoms with Gasteiger partial charge in [0, 0.05) is 35.2 Å². The van der Waals surface area contributed by atoms with Crippen LogP contribution >= 0.6 is 11.8 Å². The fraction of sp³-hybridized carbons (Fsp3) is 0.400. The summed E-state index contributed by atoms with van der Waals surface area (Å²) in [5.74, 6) is 0.618. The Balaban J connectivity index is 1.49.